The number of hydrogen-bond donors (Lipinski definition) is 5. The van der Waals surface area contributed by atoms with Crippen molar-refractivity contribution in [2.75, 3.05) is 26.2 Å². The van der Waals surface area contributed by atoms with Crippen LogP contribution in [0, 0.1) is 11.3 Å². The van der Waals surface area contributed by atoms with E-state index < -0.39 is 17.9 Å². The average Bonchev–Trinajstić information content (AvgIpc) is 3.42. The molecular formula is C16H29ClN6O4. The van der Waals surface area contributed by atoms with Crippen molar-refractivity contribution in [1.29, 1.82) is 5.41 Å². The van der Waals surface area contributed by atoms with E-state index in [0.29, 0.717) is 13.1 Å². The zero-order valence-corrected chi connectivity index (χ0v) is 16.0. The third-order valence-corrected chi connectivity index (χ3v) is 4.75. The van der Waals surface area contributed by atoms with Crippen LogP contribution in [0.4, 0.5) is 0 Å². The highest BCUT2D eigenvalue weighted by molar-refractivity contribution is 5.90. The van der Waals surface area contributed by atoms with Crippen LogP contribution in [0.25, 0.3) is 0 Å². The Labute approximate surface area is 164 Å². The van der Waals surface area contributed by atoms with Gasteiger partial charge in [-0.1, -0.05) is 0 Å². The molecule has 1 heterocycles. The van der Waals surface area contributed by atoms with Crippen LogP contribution in [0.2, 0.25) is 0 Å². The van der Waals surface area contributed by atoms with Gasteiger partial charge in [-0.15, -0.1) is 12.4 Å². The first-order chi connectivity index (χ1) is 12.3. The molecule has 7 N–H and O–H groups in total. The maximum atomic E-state index is 12.3. The number of aliphatic carboxylic acids is 1. The van der Waals surface area contributed by atoms with Crippen LogP contribution in [-0.4, -0.2) is 76.9 Å². The Morgan fingerprint density at radius 1 is 1.30 bits per heavy atom. The van der Waals surface area contributed by atoms with Gasteiger partial charge >= 0.3 is 5.97 Å². The molecule has 10 nitrogen and oxygen atoms in total. The summed E-state index contributed by atoms with van der Waals surface area (Å²) in [5.74, 6) is -1.69. The number of guanidine groups is 1. The number of amides is 2. The molecule has 0 spiro atoms. The summed E-state index contributed by atoms with van der Waals surface area (Å²) >= 11 is 0. The third-order valence-electron chi connectivity index (χ3n) is 4.75. The Kier molecular flexibility index (Phi) is 8.77. The lowest BCUT2D eigenvalue weighted by Gasteiger charge is -2.33. The first-order valence-electron chi connectivity index (χ1n) is 8.91. The Morgan fingerprint density at radius 2 is 1.96 bits per heavy atom. The molecule has 0 radical (unpaired) electrons. The lowest BCUT2D eigenvalue weighted by molar-refractivity contribution is -0.145. The van der Waals surface area contributed by atoms with E-state index in [-0.39, 0.29) is 49.2 Å². The van der Waals surface area contributed by atoms with Crippen molar-refractivity contribution in [3.63, 3.8) is 0 Å². The molecule has 0 aromatic rings. The van der Waals surface area contributed by atoms with Crippen molar-refractivity contribution < 1.29 is 19.5 Å². The fourth-order valence-electron chi connectivity index (χ4n) is 3.20. The second-order valence-corrected chi connectivity index (χ2v) is 7.05. The second kappa shape index (κ2) is 10.3. The van der Waals surface area contributed by atoms with Gasteiger partial charge in [0.25, 0.3) is 0 Å². The Hall–Kier alpha value is -2.07. The summed E-state index contributed by atoms with van der Waals surface area (Å²) < 4.78 is 0. The predicted octanol–water partition coefficient (Wildman–Crippen LogP) is -1.08. The summed E-state index contributed by atoms with van der Waals surface area (Å²) in [7, 11) is 0. The van der Waals surface area contributed by atoms with Crippen molar-refractivity contribution in [2.24, 2.45) is 17.4 Å². The van der Waals surface area contributed by atoms with Crippen molar-refractivity contribution in [3.8, 4) is 0 Å². The molecule has 1 aliphatic heterocycles. The molecule has 0 unspecified atom stereocenters. The minimum Gasteiger partial charge on any atom is -0.480 e. The van der Waals surface area contributed by atoms with E-state index >= 15 is 0 Å². The normalized spacial score (nSPS) is 20.2. The monoisotopic (exact) mass is 404 g/mol. The number of carbonyl (C=O) groups is 3. The standard InChI is InChI=1S/C16H28N6O4.ClH/c17-12(15(26)22(9-14(24)25)11-3-4-11)6-13(23)20-7-10-2-1-5-21(8-10)16(18)19;/h10-12H,1-9,17H2,(H3,18,19)(H,20,23)(H,24,25);1H/t10-,12-;/m0./s1. The molecule has 1 aliphatic carbocycles. The Morgan fingerprint density at radius 3 is 2.52 bits per heavy atom. The highest BCUT2D eigenvalue weighted by Crippen LogP contribution is 2.27. The fraction of sp³-hybridized carbons (Fsp3) is 0.750. The number of piperidine rings is 1. The van der Waals surface area contributed by atoms with Crippen molar-refractivity contribution in [1.82, 2.24) is 15.1 Å². The minimum atomic E-state index is -1.09. The molecule has 154 valence electrons. The van der Waals surface area contributed by atoms with Gasteiger partial charge in [-0.05, 0) is 31.6 Å². The number of carbonyl (C=O) groups excluding carboxylic acids is 2. The number of carboxylic acid groups (broad SMARTS) is 1. The van der Waals surface area contributed by atoms with E-state index in [2.05, 4.69) is 5.32 Å². The predicted molar refractivity (Wildman–Crippen MR) is 101 cm³/mol. The van der Waals surface area contributed by atoms with Gasteiger partial charge in [0.15, 0.2) is 5.96 Å². The lowest BCUT2D eigenvalue weighted by Crippen LogP contribution is -2.49. The van der Waals surface area contributed by atoms with E-state index in [9.17, 15) is 14.4 Å². The summed E-state index contributed by atoms with van der Waals surface area (Å²) in [5.41, 5.74) is 11.3. The molecule has 1 saturated heterocycles. The number of rotatable bonds is 8. The van der Waals surface area contributed by atoms with E-state index in [1.807, 2.05) is 0 Å². The van der Waals surface area contributed by atoms with Gasteiger partial charge in [-0.3, -0.25) is 19.8 Å². The van der Waals surface area contributed by atoms with Gasteiger partial charge in [-0.2, -0.15) is 0 Å². The molecule has 1 saturated carbocycles. The molecule has 27 heavy (non-hydrogen) atoms. The SMILES string of the molecule is Cl.N=C(N)N1CCC[C@@H](CNC(=O)C[C@H](N)C(=O)N(CC(=O)O)C2CC2)C1. The van der Waals surface area contributed by atoms with Gasteiger partial charge in [-0.25, -0.2) is 0 Å². The minimum absolute atomic E-state index is 0. The fourth-order valence-corrected chi connectivity index (χ4v) is 3.20. The summed E-state index contributed by atoms with van der Waals surface area (Å²) in [4.78, 5) is 38.4. The van der Waals surface area contributed by atoms with E-state index in [0.717, 1.165) is 32.2 Å². The number of nitrogens with two attached hydrogens (primary N) is 2. The molecule has 0 bridgehead atoms. The maximum absolute atomic E-state index is 12.3. The molecule has 2 fully saturated rings. The zero-order valence-electron chi connectivity index (χ0n) is 15.2. The van der Waals surface area contributed by atoms with Crippen LogP contribution in [0.5, 0.6) is 0 Å². The number of nitrogens with zero attached hydrogens (tertiary/aromatic N) is 2. The van der Waals surface area contributed by atoms with E-state index in [4.69, 9.17) is 22.0 Å². The number of carboxylic acids is 1. The van der Waals surface area contributed by atoms with Gasteiger partial charge in [0.05, 0.1) is 12.5 Å². The number of nitrogens with one attached hydrogen (secondary N) is 2. The second-order valence-electron chi connectivity index (χ2n) is 7.05. The van der Waals surface area contributed by atoms with Crippen LogP contribution >= 0.6 is 12.4 Å². The molecular weight excluding hydrogens is 376 g/mol. The maximum Gasteiger partial charge on any atom is 0.323 e. The molecule has 2 atom stereocenters. The van der Waals surface area contributed by atoms with Crippen LogP contribution in [0.15, 0.2) is 0 Å². The van der Waals surface area contributed by atoms with Crippen LogP contribution < -0.4 is 16.8 Å². The van der Waals surface area contributed by atoms with E-state index in [1.54, 1.807) is 4.90 Å². The smallest absolute Gasteiger partial charge is 0.323 e. The first kappa shape index (κ1) is 23.0. The zero-order chi connectivity index (χ0) is 19.3. The number of likely N-dealkylation sites (tertiary alicyclic amines) is 1. The largest absolute Gasteiger partial charge is 0.480 e. The van der Waals surface area contributed by atoms with Crippen molar-refractivity contribution in [2.45, 2.75) is 44.2 Å². The summed E-state index contributed by atoms with van der Waals surface area (Å²) in [6, 6.07) is -1.12. The molecule has 2 amide bonds. The van der Waals surface area contributed by atoms with Gasteiger partial charge in [0.2, 0.25) is 11.8 Å². The lowest BCUT2D eigenvalue weighted by atomic mass is 9.98. The molecule has 11 heteroatoms. The summed E-state index contributed by atoms with van der Waals surface area (Å²) in [5, 5.41) is 19.2. The Balaban J connectivity index is 0.00000364. The summed E-state index contributed by atoms with van der Waals surface area (Å²) in [6.07, 6.45) is 3.20. The van der Waals surface area contributed by atoms with Crippen LogP contribution in [-0.2, 0) is 14.4 Å². The molecule has 0 aromatic carbocycles. The quantitative estimate of drug-likeness (QED) is 0.253. The van der Waals surface area contributed by atoms with E-state index in [1.165, 1.54) is 4.90 Å². The summed E-state index contributed by atoms with van der Waals surface area (Å²) in [6.45, 7) is 1.42. The highest BCUT2D eigenvalue weighted by atomic mass is 35.5. The van der Waals surface area contributed by atoms with Crippen LogP contribution in [0.3, 0.4) is 0 Å². The number of halogens is 1. The number of hydrogen-bond acceptors (Lipinski definition) is 5. The van der Waals surface area contributed by atoms with Gasteiger partial charge in [0, 0.05) is 25.7 Å². The van der Waals surface area contributed by atoms with Crippen molar-refractivity contribution in [3.05, 3.63) is 0 Å². The highest BCUT2D eigenvalue weighted by Gasteiger charge is 2.36. The average molecular weight is 405 g/mol. The van der Waals surface area contributed by atoms with Crippen LogP contribution in [0.1, 0.15) is 32.1 Å². The molecule has 2 rings (SSSR count). The topological polar surface area (TPSA) is 166 Å². The first-order valence-corrected chi connectivity index (χ1v) is 8.91. The van der Waals surface area contributed by atoms with Crippen molar-refractivity contribution >= 4 is 36.2 Å². The molecule has 2 aliphatic rings. The molecule has 0 aromatic heterocycles. The Bertz CT molecular complexity index is 571. The van der Waals surface area contributed by atoms with Gasteiger partial charge < -0.3 is 31.7 Å². The van der Waals surface area contributed by atoms with Gasteiger partial charge in [0.1, 0.15) is 6.54 Å². The third kappa shape index (κ3) is 7.22.